The Morgan fingerprint density at radius 1 is 1.25 bits per heavy atom. The first-order valence-corrected chi connectivity index (χ1v) is 11.1. The Bertz CT molecular complexity index is 844. The molecule has 152 valence electrons. The highest BCUT2D eigenvalue weighted by molar-refractivity contribution is 7.99. The SMILES string of the molecule is COCCCn1c(SCC(=O)NC2CCCCCC2)nc2ccccc2c1=O. The third-order valence-electron chi connectivity index (χ3n) is 5.11. The summed E-state index contributed by atoms with van der Waals surface area (Å²) in [5.74, 6) is 0.286. The molecule has 1 N–H and O–H groups in total. The first kappa shape index (κ1) is 20.9. The van der Waals surface area contributed by atoms with E-state index in [4.69, 9.17) is 4.74 Å². The van der Waals surface area contributed by atoms with Gasteiger partial charge in [0.05, 0.1) is 16.7 Å². The van der Waals surface area contributed by atoms with Gasteiger partial charge in [-0.25, -0.2) is 4.98 Å². The summed E-state index contributed by atoms with van der Waals surface area (Å²) in [6, 6.07) is 7.63. The first-order valence-electron chi connectivity index (χ1n) is 10.1. The predicted molar refractivity (Wildman–Crippen MR) is 113 cm³/mol. The van der Waals surface area contributed by atoms with E-state index in [2.05, 4.69) is 10.3 Å². The number of methoxy groups -OCH3 is 1. The lowest BCUT2D eigenvalue weighted by molar-refractivity contribution is -0.119. The standard InChI is InChI=1S/C21H29N3O3S/c1-27-14-8-13-24-20(26)17-11-6-7-12-18(17)23-21(24)28-15-19(25)22-16-9-4-2-3-5-10-16/h6-7,11-12,16H,2-5,8-10,13-15H2,1H3,(H,22,25). The molecule has 7 heteroatoms. The number of amides is 1. The molecule has 0 atom stereocenters. The normalized spacial score (nSPS) is 15.5. The summed E-state index contributed by atoms with van der Waals surface area (Å²) in [5.41, 5.74) is 0.607. The molecule has 1 heterocycles. The zero-order valence-electron chi connectivity index (χ0n) is 16.5. The Balaban J connectivity index is 1.72. The van der Waals surface area contributed by atoms with Gasteiger partial charge >= 0.3 is 0 Å². The van der Waals surface area contributed by atoms with E-state index in [1.54, 1.807) is 17.7 Å². The summed E-state index contributed by atoms with van der Waals surface area (Å²) in [5, 5.41) is 4.35. The van der Waals surface area contributed by atoms with Gasteiger partial charge in [-0.3, -0.25) is 14.2 Å². The number of ether oxygens (including phenoxy) is 1. The molecule has 1 amide bonds. The highest BCUT2D eigenvalue weighted by Gasteiger charge is 2.17. The summed E-state index contributed by atoms with van der Waals surface area (Å²) in [4.78, 5) is 30.0. The van der Waals surface area contributed by atoms with Gasteiger partial charge in [-0.2, -0.15) is 0 Å². The number of fused-ring (bicyclic) bond motifs is 1. The lowest BCUT2D eigenvalue weighted by Gasteiger charge is -2.17. The number of rotatable bonds is 8. The minimum absolute atomic E-state index is 0.0164. The van der Waals surface area contributed by atoms with E-state index >= 15 is 0 Å². The van der Waals surface area contributed by atoms with Crippen LogP contribution in [0.2, 0.25) is 0 Å². The number of carbonyl (C=O) groups excluding carboxylic acids is 1. The zero-order chi connectivity index (χ0) is 19.8. The molecule has 3 rings (SSSR count). The van der Waals surface area contributed by atoms with Gasteiger partial charge in [-0.15, -0.1) is 0 Å². The summed E-state index contributed by atoms with van der Waals surface area (Å²) in [7, 11) is 1.65. The molecule has 2 aromatic rings. The molecule has 0 radical (unpaired) electrons. The van der Waals surface area contributed by atoms with Gasteiger partial charge in [0.25, 0.3) is 5.56 Å². The Hall–Kier alpha value is -1.86. The van der Waals surface area contributed by atoms with Crippen molar-refractivity contribution in [3.63, 3.8) is 0 Å². The highest BCUT2D eigenvalue weighted by atomic mass is 32.2. The van der Waals surface area contributed by atoms with E-state index in [9.17, 15) is 9.59 Å². The maximum Gasteiger partial charge on any atom is 0.262 e. The van der Waals surface area contributed by atoms with E-state index in [1.165, 1.54) is 37.4 Å². The second-order valence-electron chi connectivity index (χ2n) is 7.26. The van der Waals surface area contributed by atoms with Crippen LogP contribution in [0.5, 0.6) is 0 Å². The predicted octanol–water partition coefficient (Wildman–Crippen LogP) is 3.36. The van der Waals surface area contributed by atoms with Gasteiger partial charge in [-0.1, -0.05) is 49.6 Å². The van der Waals surface area contributed by atoms with Gasteiger partial charge < -0.3 is 10.1 Å². The number of benzene rings is 1. The number of para-hydroxylation sites is 1. The van der Waals surface area contributed by atoms with Crippen LogP contribution >= 0.6 is 11.8 Å². The molecule has 0 aliphatic heterocycles. The van der Waals surface area contributed by atoms with Crippen LogP contribution in [0.15, 0.2) is 34.2 Å². The number of nitrogens with one attached hydrogen (secondary N) is 1. The molecule has 6 nitrogen and oxygen atoms in total. The Morgan fingerprint density at radius 2 is 2.00 bits per heavy atom. The van der Waals surface area contributed by atoms with Gasteiger partial charge in [0.15, 0.2) is 5.16 Å². The van der Waals surface area contributed by atoms with Crippen molar-refractivity contribution in [1.29, 1.82) is 0 Å². The second kappa shape index (κ2) is 10.6. The molecule has 1 aromatic heterocycles. The van der Waals surface area contributed by atoms with Crippen LogP contribution in [-0.4, -0.2) is 41.0 Å². The lowest BCUT2D eigenvalue weighted by Crippen LogP contribution is -2.35. The molecule has 0 saturated heterocycles. The fraction of sp³-hybridized carbons (Fsp3) is 0.571. The van der Waals surface area contributed by atoms with E-state index in [1.807, 2.05) is 18.2 Å². The van der Waals surface area contributed by atoms with Gasteiger partial charge in [0.1, 0.15) is 0 Å². The average Bonchev–Trinajstić information content (AvgIpc) is 2.97. The lowest BCUT2D eigenvalue weighted by atomic mass is 10.1. The highest BCUT2D eigenvalue weighted by Crippen LogP contribution is 2.20. The van der Waals surface area contributed by atoms with E-state index in [0.29, 0.717) is 29.2 Å². The van der Waals surface area contributed by atoms with E-state index in [-0.39, 0.29) is 23.3 Å². The van der Waals surface area contributed by atoms with Crippen molar-refractivity contribution in [1.82, 2.24) is 14.9 Å². The molecule has 1 saturated carbocycles. The largest absolute Gasteiger partial charge is 0.385 e. The molecule has 0 unspecified atom stereocenters. The topological polar surface area (TPSA) is 73.2 Å². The molecule has 28 heavy (non-hydrogen) atoms. The number of carbonyl (C=O) groups is 1. The Labute approximate surface area is 170 Å². The van der Waals surface area contributed by atoms with Gasteiger partial charge in [0, 0.05) is 26.3 Å². The molecule has 1 aliphatic rings. The number of aromatic nitrogens is 2. The van der Waals surface area contributed by atoms with Crippen LogP contribution < -0.4 is 10.9 Å². The quantitative estimate of drug-likeness (QED) is 0.317. The van der Waals surface area contributed by atoms with Crippen LogP contribution in [-0.2, 0) is 16.1 Å². The van der Waals surface area contributed by atoms with Crippen molar-refractivity contribution < 1.29 is 9.53 Å². The number of hydrogen-bond donors (Lipinski definition) is 1. The monoisotopic (exact) mass is 403 g/mol. The van der Waals surface area contributed by atoms with Crippen molar-refractivity contribution in [2.45, 2.75) is 62.7 Å². The van der Waals surface area contributed by atoms with Crippen LogP contribution in [0.4, 0.5) is 0 Å². The van der Waals surface area contributed by atoms with E-state index in [0.717, 1.165) is 19.3 Å². The van der Waals surface area contributed by atoms with Crippen molar-refractivity contribution in [2.24, 2.45) is 0 Å². The van der Waals surface area contributed by atoms with Crippen LogP contribution in [0, 0.1) is 0 Å². The maximum absolute atomic E-state index is 12.9. The molecule has 1 aliphatic carbocycles. The summed E-state index contributed by atoms with van der Waals surface area (Å²) in [6.07, 6.45) is 7.73. The average molecular weight is 404 g/mol. The van der Waals surface area contributed by atoms with Crippen molar-refractivity contribution in [3.8, 4) is 0 Å². The van der Waals surface area contributed by atoms with Crippen LogP contribution in [0.3, 0.4) is 0 Å². The van der Waals surface area contributed by atoms with Gasteiger partial charge in [-0.05, 0) is 31.4 Å². The molecule has 1 aromatic carbocycles. The second-order valence-corrected chi connectivity index (χ2v) is 8.20. The fourth-order valence-electron chi connectivity index (χ4n) is 3.65. The van der Waals surface area contributed by atoms with Crippen molar-refractivity contribution >= 4 is 28.6 Å². The molecular weight excluding hydrogens is 374 g/mol. The maximum atomic E-state index is 12.9. The molecule has 0 bridgehead atoms. The Kier molecular flexibility index (Phi) is 7.91. The van der Waals surface area contributed by atoms with Gasteiger partial charge in [0.2, 0.25) is 5.91 Å². The van der Waals surface area contributed by atoms with E-state index < -0.39 is 0 Å². The Morgan fingerprint density at radius 3 is 2.75 bits per heavy atom. The molecule has 0 spiro atoms. The van der Waals surface area contributed by atoms with Crippen molar-refractivity contribution in [3.05, 3.63) is 34.6 Å². The number of nitrogens with zero attached hydrogens (tertiary/aromatic N) is 2. The third-order valence-corrected chi connectivity index (χ3v) is 6.09. The minimum Gasteiger partial charge on any atom is -0.385 e. The molecular formula is C21H29N3O3S. The first-order chi connectivity index (χ1) is 13.7. The smallest absolute Gasteiger partial charge is 0.262 e. The summed E-state index contributed by atoms with van der Waals surface area (Å²) < 4.78 is 6.79. The fourth-order valence-corrected chi connectivity index (χ4v) is 4.48. The molecule has 1 fully saturated rings. The summed E-state index contributed by atoms with van der Waals surface area (Å²) in [6.45, 7) is 1.10. The van der Waals surface area contributed by atoms with Crippen molar-refractivity contribution in [2.75, 3.05) is 19.5 Å². The van der Waals surface area contributed by atoms with Crippen LogP contribution in [0.25, 0.3) is 10.9 Å². The number of hydrogen-bond acceptors (Lipinski definition) is 5. The van der Waals surface area contributed by atoms with Crippen LogP contribution in [0.1, 0.15) is 44.9 Å². The zero-order valence-corrected chi connectivity index (χ0v) is 17.3. The summed E-state index contributed by atoms with van der Waals surface area (Å²) >= 11 is 1.33. The third kappa shape index (κ3) is 5.58. The minimum atomic E-state index is -0.0617. The number of thioether (sulfide) groups is 1.